The molecule has 2 aromatic carbocycles. The summed E-state index contributed by atoms with van der Waals surface area (Å²) in [6, 6.07) is 15.4. The number of hydrogen-bond acceptors (Lipinski definition) is 2. The summed E-state index contributed by atoms with van der Waals surface area (Å²) < 4.78 is 0. The molecule has 0 fully saturated rings. The van der Waals surface area contributed by atoms with Crippen molar-refractivity contribution >= 4 is 0 Å². The predicted molar refractivity (Wildman–Crippen MR) is 174 cm³/mol. The van der Waals surface area contributed by atoms with Crippen LogP contribution >= 0.6 is 0 Å². The number of aromatic nitrogens is 2. The Hall–Kier alpha value is -3.26. The van der Waals surface area contributed by atoms with E-state index >= 15 is 0 Å². The van der Waals surface area contributed by atoms with Crippen molar-refractivity contribution in [1.82, 2.24) is 9.97 Å². The Labute approximate surface area is 253 Å². The van der Waals surface area contributed by atoms with Crippen molar-refractivity contribution in [3.63, 3.8) is 0 Å². The molecule has 0 saturated carbocycles. The number of benzene rings is 2. The molecule has 0 atom stereocenters. The number of pyridine rings is 2. The van der Waals surface area contributed by atoms with Gasteiger partial charge in [0.2, 0.25) is 0 Å². The van der Waals surface area contributed by atoms with E-state index in [0.717, 1.165) is 25.7 Å². The van der Waals surface area contributed by atoms with E-state index in [1.54, 1.807) is 44.5 Å². The highest BCUT2D eigenvalue weighted by Crippen LogP contribution is 2.29. The van der Waals surface area contributed by atoms with Gasteiger partial charge in [-0.25, -0.2) is 0 Å². The standard InChI is InChI=1S/C40H46N2/c1-7-29-19-30(26-41-25-29)8-2-12-34-21-33(11-1)37-15-5-16-39-24-40(18-6-17-38(34)23-37)36-14-4-10-32-20-31(27-42-28-32)9-3-13-35(39)22-36/h19-28H,1-18H2. The molecule has 42 heavy (non-hydrogen) atoms. The minimum Gasteiger partial charge on any atom is -0.264 e. The highest BCUT2D eigenvalue weighted by molar-refractivity contribution is 5.42. The Bertz CT molecular complexity index is 1330. The second-order valence-electron chi connectivity index (χ2n) is 13.3. The van der Waals surface area contributed by atoms with Crippen LogP contribution in [0, 0.1) is 0 Å². The van der Waals surface area contributed by atoms with Crippen LogP contribution in [0.25, 0.3) is 0 Å². The Kier molecular flexibility index (Phi) is 8.49. The number of fused-ring (bicyclic) bond motifs is 16. The summed E-state index contributed by atoms with van der Waals surface area (Å²) in [6.07, 6.45) is 29.8. The Balaban J connectivity index is 1.16. The van der Waals surface area contributed by atoms with Gasteiger partial charge in [0.1, 0.15) is 0 Å². The van der Waals surface area contributed by atoms with Crippen molar-refractivity contribution in [1.29, 1.82) is 0 Å². The molecule has 12 bridgehead atoms. The molecule has 4 aromatic rings. The van der Waals surface area contributed by atoms with Gasteiger partial charge in [-0.2, -0.15) is 0 Å². The minimum absolute atomic E-state index is 1.14. The van der Waals surface area contributed by atoms with E-state index in [2.05, 4.69) is 71.2 Å². The van der Waals surface area contributed by atoms with Crippen LogP contribution in [-0.2, 0) is 77.0 Å². The van der Waals surface area contributed by atoms with Crippen molar-refractivity contribution in [2.24, 2.45) is 0 Å². The lowest BCUT2D eigenvalue weighted by Crippen LogP contribution is -2.09. The maximum atomic E-state index is 4.57. The Morgan fingerprint density at radius 1 is 0.262 bits per heavy atom. The quantitative estimate of drug-likeness (QED) is 0.218. The van der Waals surface area contributed by atoms with Gasteiger partial charge in [0.25, 0.3) is 0 Å². The number of rotatable bonds is 0. The number of nitrogens with zero attached hydrogens (tertiary/aromatic N) is 2. The topological polar surface area (TPSA) is 25.8 Å². The lowest BCUT2D eigenvalue weighted by atomic mass is 9.84. The molecule has 7 rings (SSSR count). The van der Waals surface area contributed by atoms with Crippen LogP contribution in [0.15, 0.2) is 61.2 Å². The van der Waals surface area contributed by atoms with Crippen molar-refractivity contribution in [3.05, 3.63) is 128 Å². The lowest BCUT2D eigenvalue weighted by Gasteiger charge is -2.21. The molecule has 3 aliphatic carbocycles. The second kappa shape index (κ2) is 12.9. The highest BCUT2D eigenvalue weighted by Gasteiger charge is 2.16. The number of hydrogen-bond donors (Lipinski definition) is 0. The third kappa shape index (κ3) is 6.54. The fourth-order valence-corrected chi connectivity index (χ4v) is 7.94. The lowest BCUT2D eigenvalue weighted by molar-refractivity contribution is 0.723. The molecule has 2 heterocycles. The zero-order chi connectivity index (χ0) is 28.1. The zero-order valence-corrected chi connectivity index (χ0v) is 25.4. The van der Waals surface area contributed by atoms with Crippen molar-refractivity contribution in [2.75, 3.05) is 0 Å². The van der Waals surface area contributed by atoms with E-state index in [1.807, 2.05) is 0 Å². The zero-order valence-electron chi connectivity index (χ0n) is 25.4. The molecule has 2 heteroatoms. The fourth-order valence-electron chi connectivity index (χ4n) is 7.94. The summed E-state index contributed by atoms with van der Waals surface area (Å²) in [6.45, 7) is 0. The van der Waals surface area contributed by atoms with Crippen LogP contribution in [0.5, 0.6) is 0 Å². The summed E-state index contributed by atoms with van der Waals surface area (Å²) in [5, 5.41) is 0. The SMILES string of the molecule is c1ncc2cc1CCCc1cc(c3cc1CCCc1cc(c4cc1CCCc1cncc(c1)CCC4)CCC3)CCC2. The first-order valence-electron chi connectivity index (χ1n) is 16.9. The summed E-state index contributed by atoms with van der Waals surface area (Å²) in [4.78, 5) is 9.14. The molecule has 0 amide bonds. The smallest absolute Gasteiger partial charge is 0.0300 e. The third-order valence-electron chi connectivity index (χ3n) is 10.2. The second-order valence-corrected chi connectivity index (χ2v) is 13.3. The summed E-state index contributed by atoms with van der Waals surface area (Å²) in [5.74, 6) is 0. The van der Waals surface area contributed by atoms with Crippen LogP contribution in [0.4, 0.5) is 0 Å². The van der Waals surface area contributed by atoms with Crippen LogP contribution < -0.4 is 0 Å². The first-order valence-corrected chi connectivity index (χ1v) is 16.9. The van der Waals surface area contributed by atoms with Crippen molar-refractivity contribution in [3.8, 4) is 0 Å². The molecular weight excluding hydrogens is 508 g/mol. The average Bonchev–Trinajstić information content (AvgIpc) is 2.99. The molecule has 0 radical (unpaired) electrons. The fraction of sp³-hybridized carbons (Fsp3) is 0.450. The monoisotopic (exact) mass is 554 g/mol. The maximum absolute atomic E-state index is 4.57. The molecule has 3 aliphatic rings. The first kappa shape index (κ1) is 27.6. The van der Waals surface area contributed by atoms with Crippen LogP contribution in [0.3, 0.4) is 0 Å². The van der Waals surface area contributed by atoms with E-state index in [4.69, 9.17) is 0 Å². The van der Waals surface area contributed by atoms with Crippen LogP contribution in [0.2, 0.25) is 0 Å². The van der Waals surface area contributed by atoms with Gasteiger partial charge in [-0.05, 0) is 182 Å². The van der Waals surface area contributed by atoms with Gasteiger partial charge < -0.3 is 0 Å². The van der Waals surface area contributed by atoms with Crippen molar-refractivity contribution < 1.29 is 0 Å². The van der Waals surface area contributed by atoms with Crippen LogP contribution in [-0.4, -0.2) is 9.97 Å². The summed E-state index contributed by atoms with van der Waals surface area (Å²) in [5.41, 5.74) is 18.7. The molecule has 2 aromatic heterocycles. The molecule has 216 valence electrons. The average molecular weight is 555 g/mol. The molecule has 2 nitrogen and oxygen atoms in total. The van der Waals surface area contributed by atoms with Gasteiger partial charge >= 0.3 is 0 Å². The molecular formula is C40H46N2. The molecule has 0 unspecified atom stereocenters. The molecule has 0 N–H and O–H groups in total. The Morgan fingerprint density at radius 3 is 0.714 bits per heavy atom. The van der Waals surface area contributed by atoms with Crippen LogP contribution in [0.1, 0.15) is 105 Å². The van der Waals surface area contributed by atoms with Gasteiger partial charge in [-0.15, -0.1) is 0 Å². The van der Waals surface area contributed by atoms with E-state index in [0.29, 0.717) is 0 Å². The third-order valence-corrected chi connectivity index (χ3v) is 10.2. The summed E-state index contributed by atoms with van der Waals surface area (Å²) in [7, 11) is 0. The number of aryl methyl sites for hydroxylation is 12. The molecule has 0 aliphatic heterocycles. The largest absolute Gasteiger partial charge is 0.264 e. The normalized spacial score (nSPS) is 17.7. The van der Waals surface area contributed by atoms with Gasteiger partial charge in [0, 0.05) is 24.8 Å². The predicted octanol–water partition coefficient (Wildman–Crippen LogP) is 8.47. The van der Waals surface area contributed by atoms with Gasteiger partial charge in [0.15, 0.2) is 0 Å². The van der Waals surface area contributed by atoms with Gasteiger partial charge in [-0.1, -0.05) is 36.4 Å². The Morgan fingerprint density at radius 2 is 0.476 bits per heavy atom. The van der Waals surface area contributed by atoms with Crippen molar-refractivity contribution in [2.45, 2.75) is 116 Å². The minimum atomic E-state index is 1.14. The van der Waals surface area contributed by atoms with E-state index in [-0.39, 0.29) is 0 Å². The van der Waals surface area contributed by atoms with Gasteiger partial charge in [0.05, 0.1) is 0 Å². The van der Waals surface area contributed by atoms with E-state index in [9.17, 15) is 0 Å². The molecule has 0 saturated heterocycles. The molecule has 0 spiro atoms. The maximum Gasteiger partial charge on any atom is 0.0300 e. The highest BCUT2D eigenvalue weighted by atomic mass is 14.6. The van der Waals surface area contributed by atoms with E-state index < -0.39 is 0 Å². The first-order chi connectivity index (χ1) is 20.8. The van der Waals surface area contributed by atoms with Gasteiger partial charge in [-0.3, -0.25) is 9.97 Å². The summed E-state index contributed by atoms with van der Waals surface area (Å²) >= 11 is 0. The van der Waals surface area contributed by atoms with E-state index in [1.165, 1.54) is 112 Å².